The van der Waals surface area contributed by atoms with Crippen LogP contribution in [0.15, 0.2) is 24.3 Å². The SMILES string of the molecule is CCc1ccccc1NC(=O)N1CCN(C)C2(CCNC(=O)CC2)C1. The van der Waals surface area contributed by atoms with Gasteiger partial charge in [0.2, 0.25) is 5.91 Å². The molecular formula is C19H28N4O2. The predicted octanol–water partition coefficient (Wildman–Crippen LogP) is 2.07. The van der Waals surface area contributed by atoms with Crippen LogP contribution in [0, 0.1) is 0 Å². The summed E-state index contributed by atoms with van der Waals surface area (Å²) < 4.78 is 0. The number of hydrogen-bond acceptors (Lipinski definition) is 3. The third-order valence-corrected chi connectivity index (χ3v) is 5.66. The summed E-state index contributed by atoms with van der Waals surface area (Å²) in [6.45, 7) is 4.97. The number of urea groups is 1. The Bertz CT molecular complexity index is 648. The van der Waals surface area contributed by atoms with Gasteiger partial charge in [0.1, 0.15) is 0 Å². The lowest BCUT2D eigenvalue weighted by Gasteiger charge is -2.49. The molecular weight excluding hydrogens is 316 g/mol. The third-order valence-electron chi connectivity index (χ3n) is 5.66. The van der Waals surface area contributed by atoms with Gasteiger partial charge in [-0.05, 0) is 37.9 Å². The minimum Gasteiger partial charge on any atom is -0.356 e. The van der Waals surface area contributed by atoms with Gasteiger partial charge in [0.05, 0.1) is 0 Å². The number of aryl methyl sites for hydroxylation is 1. The minimum absolute atomic E-state index is 0.0445. The highest BCUT2D eigenvalue weighted by molar-refractivity contribution is 5.90. The number of carbonyl (C=O) groups is 2. The van der Waals surface area contributed by atoms with Crippen LogP contribution >= 0.6 is 0 Å². The highest BCUT2D eigenvalue weighted by Crippen LogP contribution is 2.30. The minimum atomic E-state index is -0.112. The van der Waals surface area contributed by atoms with E-state index < -0.39 is 0 Å². The van der Waals surface area contributed by atoms with Crippen LogP contribution in [-0.2, 0) is 11.2 Å². The van der Waals surface area contributed by atoms with Gasteiger partial charge in [-0.15, -0.1) is 0 Å². The first-order valence-electron chi connectivity index (χ1n) is 9.16. The fourth-order valence-electron chi connectivity index (χ4n) is 3.92. The zero-order chi connectivity index (χ0) is 17.9. The van der Waals surface area contributed by atoms with Gasteiger partial charge in [0.15, 0.2) is 0 Å². The average Bonchev–Trinajstić information content (AvgIpc) is 2.80. The number of benzene rings is 1. The predicted molar refractivity (Wildman–Crippen MR) is 98.6 cm³/mol. The zero-order valence-corrected chi connectivity index (χ0v) is 15.2. The van der Waals surface area contributed by atoms with Gasteiger partial charge in [-0.1, -0.05) is 25.1 Å². The number of nitrogens with zero attached hydrogens (tertiary/aromatic N) is 2. The molecule has 0 saturated carbocycles. The standard InChI is InChI=1S/C19H28N4O2/c1-3-15-6-4-5-7-16(15)21-18(25)23-13-12-22(2)19(14-23)9-8-17(24)20-11-10-19/h4-7H,3,8-14H2,1-2H3,(H,20,24)(H,21,25). The van der Waals surface area contributed by atoms with Crippen LogP contribution in [0.25, 0.3) is 0 Å². The number of nitrogens with one attached hydrogen (secondary N) is 2. The molecule has 0 bridgehead atoms. The van der Waals surface area contributed by atoms with Crippen LogP contribution in [0.5, 0.6) is 0 Å². The number of piperazine rings is 1. The van der Waals surface area contributed by atoms with Crippen molar-refractivity contribution in [3.63, 3.8) is 0 Å². The summed E-state index contributed by atoms with van der Waals surface area (Å²) in [5, 5.41) is 6.03. The largest absolute Gasteiger partial charge is 0.356 e. The van der Waals surface area contributed by atoms with E-state index in [9.17, 15) is 9.59 Å². The molecule has 1 aromatic carbocycles. The quantitative estimate of drug-likeness (QED) is 0.863. The number of carbonyl (C=O) groups excluding carboxylic acids is 2. The Morgan fingerprint density at radius 1 is 1.28 bits per heavy atom. The summed E-state index contributed by atoms with van der Waals surface area (Å²) >= 11 is 0. The number of anilines is 1. The van der Waals surface area contributed by atoms with E-state index in [-0.39, 0.29) is 17.5 Å². The molecule has 6 nitrogen and oxygen atoms in total. The van der Waals surface area contributed by atoms with E-state index >= 15 is 0 Å². The molecule has 1 spiro atoms. The molecule has 2 heterocycles. The molecule has 1 unspecified atom stereocenters. The summed E-state index contributed by atoms with van der Waals surface area (Å²) in [5.74, 6) is 0.115. The topological polar surface area (TPSA) is 64.7 Å². The Hall–Kier alpha value is -2.08. The average molecular weight is 344 g/mol. The van der Waals surface area contributed by atoms with Crippen molar-refractivity contribution in [3.8, 4) is 0 Å². The molecule has 3 amide bonds. The molecule has 136 valence electrons. The molecule has 3 rings (SSSR count). The lowest BCUT2D eigenvalue weighted by molar-refractivity contribution is -0.121. The highest BCUT2D eigenvalue weighted by atomic mass is 16.2. The van der Waals surface area contributed by atoms with Crippen LogP contribution in [0.4, 0.5) is 10.5 Å². The molecule has 1 aromatic rings. The van der Waals surface area contributed by atoms with Gasteiger partial charge < -0.3 is 15.5 Å². The number of hydrogen-bond donors (Lipinski definition) is 2. The fraction of sp³-hybridized carbons (Fsp3) is 0.579. The van der Waals surface area contributed by atoms with Crippen molar-refractivity contribution in [2.24, 2.45) is 0 Å². The number of amides is 3. The van der Waals surface area contributed by atoms with Crippen molar-refractivity contribution < 1.29 is 9.59 Å². The summed E-state index contributed by atoms with van der Waals surface area (Å²) in [5.41, 5.74) is 1.92. The number of likely N-dealkylation sites (N-methyl/N-ethyl adjacent to an activating group) is 1. The maximum atomic E-state index is 12.8. The van der Waals surface area contributed by atoms with Crippen molar-refractivity contribution in [3.05, 3.63) is 29.8 Å². The van der Waals surface area contributed by atoms with E-state index in [1.165, 1.54) is 0 Å². The van der Waals surface area contributed by atoms with Crippen LogP contribution in [0.2, 0.25) is 0 Å². The monoisotopic (exact) mass is 344 g/mol. The Morgan fingerprint density at radius 3 is 2.88 bits per heavy atom. The second-order valence-corrected chi connectivity index (χ2v) is 7.11. The molecule has 6 heteroatoms. The van der Waals surface area contributed by atoms with Crippen molar-refractivity contribution in [1.29, 1.82) is 0 Å². The molecule has 25 heavy (non-hydrogen) atoms. The maximum Gasteiger partial charge on any atom is 0.321 e. The first-order valence-corrected chi connectivity index (χ1v) is 9.16. The molecule has 1 atom stereocenters. The van der Waals surface area contributed by atoms with Gasteiger partial charge in [-0.3, -0.25) is 9.69 Å². The van der Waals surface area contributed by atoms with Crippen LogP contribution in [0.3, 0.4) is 0 Å². The van der Waals surface area contributed by atoms with Crippen LogP contribution < -0.4 is 10.6 Å². The Morgan fingerprint density at radius 2 is 2.08 bits per heavy atom. The molecule has 0 aliphatic carbocycles. The van der Waals surface area contributed by atoms with Crippen molar-refractivity contribution >= 4 is 17.6 Å². The van der Waals surface area contributed by atoms with E-state index in [2.05, 4.69) is 29.5 Å². The summed E-state index contributed by atoms with van der Waals surface area (Å²) in [6, 6.07) is 7.90. The van der Waals surface area contributed by atoms with E-state index in [4.69, 9.17) is 0 Å². The summed E-state index contributed by atoms with van der Waals surface area (Å²) in [6.07, 6.45) is 3.09. The van der Waals surface area contributed by atoms with Gasteiger partial charge >= 0.3 is 6.03 Å². The van der Waals surface area contributed by atoms with Crippen molar-refractivity contribution in [2.45, 2.75) is 38.1 Å². The third kappa shape index (κ3) is 3.79. The van der Waals surface area contributed by atoms with E-state index in [1.807, 2.05) is 29.2 Å². The normalized spacial score (nSPS) is 24.7. The maximum absolute atomic E-state index is 12.8. The molecule has 0 aromatic heterocycles. The van der Waals surface area contributed by atoms with Crippen molar-refractivity contribution in [1.82, 2.24) is 15.1 Å². The molecule has 2 fully saturated rings. The van der Waals surface area contributed by atoms with E-state index in [0.717, 1.165) is 37.1 Å². The lowest BCUT2D eigenvalue weighted by Crippen LogP contribution is -2.62. The smallest absolute Gasteiger partial charge is 0.321 e. The molecule has 2 aliphatic heterocycles. The summed E-state index contributed by atoms with van der Waals surface area (Å²) in [4.78, 5) is 28.8. The Labute approximate surface area is 149 Å². The first-order chi connectivity index (χ1) is 12.0. The molecule has 2 saturated heterocycles. The molecule has 0 radical (unpaired) electrons. The fourth-order valence-corrected chi connectivity index (χ4v) is 3.92. The number of para-hydroxylation sites is 1. The van der Waals surface area contributed by atoms with Crippen LogP contribution in [0.1, 0.15) is 31.7 Å². The van der Waals surface area contributed by atoms with Gasteiger partial charge in [-0.25, -0.2) is 4.79 Å². The first kappa shape index (κ1) is 17.7. The van der Waals surface area contributed by atoms with Gasteiger partial charge in [-0.2, -0.15) is 0 Å². The highest BCUT2D eigenvalue weighted by Gasteiger charge is 2.42. The second-order valence-electron chi connectivity index (χ2n) is 7.11. The second kappa shape index (κ2) is 7.44. The Kier molecular flexibility index (Phi) is 5.27. The number of rotatable bonds is 2. The molecule has 2 aliphatic rings. The van der Waals surface area contributed by atoms with E-state index in [1.54, 1.807) is 0 Å². The zero-order valence-electron chi connectivity index (χ0n) is 15.2. The summed E-state index contributed by atoms with van der Waals surface area (Å²) in [7, 11) is 2.11. The van der Waals surface area contributed by atoms with E-state index in [0.29, 0.717) is 26.1 Å². The van der Waals surface area contributed by atoms with Gasteiger partial charge in [0.25, 0.3) is 0 Å². The van der Waals surface area contributed by atoms with Crippen molar-refractivity contribution in [2.75, 3.05) is 38.5 Å². The molecule has 2 N–H and O–H groups in total. The lowest BCUT2D eigenvalue weighted by atomic mass is 9.86. The Balaban J connectivity index is 1.72. The van der Waals surface area contributed by atoms with Gasteiger partial charge in [0, 0.05) is 43.8 Å². The van der Waals surface area contributed by atoms with Crippen LogP contribution in [-0.4, -0.2) is 60.5 Å².